The van der Waals surface area contributed by atoms with Crippen LogP contribution < -0.4 is 9.64 Å². The van der Waals surface area contributed by atoms with E-state index in [0.717, 1.165) is 11.1 Å². The van der Waals surface area contributed by atoms with Gasteiger partial charge in [-0.1, -0.05) is 0 Å². The SMILES string of the molecule is COc1cc(C(=O)O)nc2ccc(N(C)C)cc12. The van der Waals surface area contributed by atoms with Crippen molar-refractivity contribution in [2.45, 2.75) is 0 Å². The molecule has 18 heavy (non-hydrogen) atoms. The fourth-order valence-corrected chi connectivity index (χ4v) is 1.74. The summed E-state index contributed by atoms with van der Waals surface area (Å²) in [6.45, 7) is 0. The van der Waals surface area contributed by atoms with Gasteiger partial charge in [0.25, 0.3) is 0 Å². The Labute approximate surface area is 105 Å². The third kappa shape index (κ3) is 2.07. The van der Waals surface area contributed by atoms with Crippen LogP contribution in [-0.2, 0) is 0 Å². The second kappa shape index (κ2) is 4.52. The van der Waals surface area contributed by atoms with Crippen LogP contribution in [0.15, 0.2) is 24.3 Å². The Morgan fingerprint density at radius 2 is 2.06 bits per heavy atom. The molecule has 0 aliphatic rings. The third-order valence-corrected chi connectivity index (χ3v) is 2.71. The molecule has 1 heterocycles. The van der Waals surface area contributed by atoms with Crippen LogP contribution >= 0.6 is 0 Å². The average molecular weight is 246 g/mol. The summed E-state index contributed by atoms with van der Waals surface area (Å²) in [7, 11) is 5.39. The van der Waals surface area contributed by atoms with Crippen LogP contribution in [0, 0.1) is 0 Å². The summed E-state index contributed by atoms with van der Waals surface area (Å²) in [6.07, 6.45) is 0. The number of hydrogen-bond acceptors (Lipinski definition) is 4. The summed E-state index contributed by atoms with van der Waals surface area (Å²) in [5, 5.41) is 9.78. The fraction of sp³-hybridized carbons (Fsp3) is 0.231. The van der Waals surface area contributed by atoms with Crippen molar-refractivity contribution >= 4 is 22.6 Å². The molecule has 2 aromatic rings. The fourth-order valence-electron chi connectivity index (χ4n) is 1.74. The van der Waals surface area contributed by atoms with Gasteiger partial charge in [-0.3, -0.25) is 0 Å². The number of carbonyl (C=O) groups is 1. The van der Waals surface area contributed by atoms with Crippen molar-refractivity contribution in [3.05, 3.63) is 30.0 Å². The van der Waals surface area contributed by atoms with Crippen molar-refractivity contribution in [3.8, 4) is 5.75 Å². The topological polar surface area (TPSA) is 62.7 Å². The molecule has 0 amide bonds. The molecule has 5 heteroatoms. The van der Waals surface area contributed by atoms with Gasteiger partial charge in [-0.25, -0.2) is 9.78 Å². The molecule has 0 aliphatic heterocycles. The number of pyridine rings is 1. The number of hydrogen-bond donors (Lipinski definition) is 1. The Hall–Kier alpha value is -2.30. The number of aromatic carboxylic acids is 1. The van der Waals surface area contributed by atoms with E-state index in [1.54, 1.807) is 6.07 Å². The van der Waals surface area contributed by atoms with Gasteiger partial charge in [-0.05, 0) is 18.2 Å². The molecule has 0 atom stereocenters. The lowest BCUT2D eigenvalue weighted by molar-refractivity contribution is 0.0690. The van der Waals surface area contributed by atoms with Crippen LogP contribution in [0.1, 0.15) is 10.5 Å². The highest BCUT2D eigenvalue weighted by Crippen LogP contribution is 2.28. The van der Waals surface area contributed by atoms with Crippen molar-refractivity contribution in [2.24, 2.45) is 0 Å². The molecule has 0 unspecified atom stereocenters. The van der Waals surface area contributed by atoms with Gasteiger partial charge in [-0.15, -0.1) is 0 Å². The molecular weight excluding hydrogens is 232 g/mol. The Bertz CT molecular complexity index is 608. The van der Waals surface area contributed by atoms with Crippen molar-refractivity contribution in [1.82, 2.24) is 4.98 Å². The highest BCUT2D eigenvalue weighted by molar-refractivity contribution is 5.94. The molecule has 5 nitrogen and oxygen atoms in total. The van der Waals surface area contributed by atoms with Gasteiger partial charge in [0, 0.05) is 31.2 Å². The number of fused-ring (bicyclic) bond motifs is 1. The quantitative estimate of drug-likeness (QED) is 0.897. The minimum absolute atomic E-state index is 0.0167. The predicted octanol–water partition coefficient (Wildman–Crippen LogP) is 2.01. The lowest BCUT2D eigenvalue weighted by atomic mass is 10.1. The molecule has 0 aliphatic carbocycles. The molecular formula is C13H14N2O3. The van der Waals surface area contributed by atoms with Gasteiger partial charge in [-0.2, -0.15) is 0 Å². The Morgan fingerprint density at radius 3 is 2.61 bits per heavy atom. The van der Waals surface area contributed by atoms with Crippen LogP contribution in [0.25, 0.3) is 10.9 Å². The molecule has 0 bridgehead atoms. The molecule has 2 rings (SSSR count). The van der Waals surface area contributed by atoms with Gasteiger partial charge in [0.05, 0.1) is 12.6 Å². The average Bonchev–Trinajstić information content (AvgIpc) is 2.36. The van der Waals surface area contributed by atoms with Crippen LogP contribution in [0.2, 0.25) is 0 Å². The van der Waals surface area contributed by atoms with E-state index in [4.69, 9.17) is 9.84 Å². The molecule has 0 saturated heterocycles. The second-order valence-electron chi connectivity index (χ2n) is 4.11. The van der Waals surface area contributed by atoms with Crippen LogP contribution in [-0.4, -0.2) is 37.3 Å². The maximum absolute atomic E-state index is 11.0. The van der Waals surface area contributed by atoms with Gasteiger partial charge in [0.15, 0.2) is 5.69 Å². The minimum Gasteiger partial charge on any atom is -0.496 e. The molecule has 0 radical (unpaired) electrons. The van der Waals surface area contributed by atoms with Crippen molar-refractivity contribution in [3.63, 3.8) is 0 Å². The monoisotopic (exact) mass is 246 g/mol. The predicted molar refractivity (Wildman–Crippen MR) is 69.6 cm³/mol. The Balaban J connectivity index is 2.71. The van der Waals surface area contributed by atoms with Gasteiger partial charge < -0.3 is 14.7 Å². The van der Waals surface area contributed by atoms with E-state index < -0.39 is 5.97 Å². The highest BCUT2D eigenvalue weighted by Gasteiger charge is 2.12. The van der Waals surface area contributed by atoms with E-state index in [9.17, 15) is 4.79 Å². The summed E-state index contributed by atoms with van der Waals surface area (Å²) in [5.74, 6) is -0.548. The van der Waals surface area contributed by atoms with Crippen LogP contribution in [0.3, 0.4) is 0 Å². The van der Waals surface area contributed by atoms with Crippen molar-refractivity contribution in [2.75, 3.05) is 26.1 Å². The van der Waals surface area contributed by atoms with E-state index in [1.165, 1.54) is 13.2 Å². The summed E-state index contributed by atoms with van der Waals surface area (Å²) in [4.78, 5) is 17.0. The molecule has 1 N–H and O–H groups in total. The lowest BCUT2D eigenvalue weighted by Gasteiger charge is -2.14. The lowest BCUT2D eigenvalue weighted by Crippen LogP contribution is -2.08. The largest absolute Gasteiger partial charge is 0.496 e. The maximum Gasteiger partial charge on any atom is 0.354 e. The van der Waals surface area contributed by atoms with Gasteiger partial charge >= 0.3 is 5.97 Å². The number of methoxy groups -OCH3 is 1. The molecule has 0 saturated carbocycles. The second-order valence-corrected chi connectivity index (χ2v) is 4.11. The van der Waals surface area contributed by atoms with E-state index in [0.29, 0.717) is 11.3 Å². The number of carboxylic acids is 1. The van der Waals surface area contributed by atoms with Crippen molar-refractivity contribution in [1.29, 1.82) is 0 Å². The van der Waals surface area contributed by atoms with Crippen molar-refractivity contribution < 1.29 is 14.6 Å². The molecule has 94 valence electrons. The zero-order chi connectivity index (χ0) is 13.3. The summed E-state index contributed by atoms with van der Waals surface area (Å²) < 4.78 is 5.23. The number of rotatable bonds is 3. The standard InChI is InChI=1S/C13H14N2O3/c1-15(2)8-4-5-10-9(6-8)12(18-3)7-11(14-10)13(16)17/h4-7H,1-3H3,(H,16,17). The van der Waals surface area contributed by atoms with E-state index >= 15 is 0 Å². The van der Waals surface area contributed by atoms with Gasteiger partial charge in [0.2, 0.25) is 0 Å². The molecule has 0 fully saturated rings. The number of benzene rings is 1. The summed E-state index contributed by atoms with van der Waals surface area (Å²) in [6, 6.07) is 7.04. The number of aromatic nitrogens is 1. The zero-order valence-corrected chi connectivity index (χ0v) is 10.5. The minimum atomic E-state index is -1.06. The van der Waals surface area contributed by atoms with E-state index in [1.807, 2.05) is 31.1 Å². The summed E-state index contributed by atoms with van der Waals surface area (Å²) in [5.41, 5.74) is 1.60. The first kappa shape index (κ1) is 12.2. The zero-order valence-electron chi connectivity index (χ0n) is 10.5. The Morgan fingerprint density at radius 1 is 1.33 bits per heavy atom. The molecule has 0 spiro atoms. The maximum atomic E-state index is 11.0. The van der Waals surface area contributed by atoms with E-state index in [-0.39, 0.29) is 5.69 Å². The first-order valence-corrected chi connectivity index (χ1v) is 5.42. The van der Waals surface area contributed by atoms with Crippen LogP contribution in [0.5, 0.6) is 5.75 Å². The van der Waals surface area contributed by atoms with Crippen LogP contribution in [0.4, 0.5) is 5.69 Å². The molecule has 1 aromatic heterocycles. The third-order valence-electron chi connectivity index (χ3n) is 2.71. The smallest absolute Gasteiger partial charge is 0.354 e. The number of ether oxygens (including phenoxy) is 1. The van der Waals surface area contributed by atoms with E-state index in [2.05, 4.69) is 4.98 Å². The number of carboxylic acid groups (broad SMARTS) is 1. The summed E-state index contributed by atoms with van der Waals surface area (Å²) >= 11 is 0. The van der Waals surface area contributed by atoms with Gasteiger partial charge in [0.1, 0.15) is 5.75 Å². The number of anilines is 1. The Kier molecular flexibility index (Phi) is 3.06. The molecule has 1 aromatic carbocycles. The number of nitrogens with zero attached hydrogens (tertiary/aromatic N) is 2. The normalized spacial score (nSPS) is 10.4. The first-order chi connectivity index (χ1) is 8.52. The highest BCUT2D eigenvalue weighted by atomic mass is 16.5. The first-order valence-electron chi connectivity index (χ1n) is 5.42.